The summed E-state index contributed by atoms with van der Waals surface area (Å²) >= 11 is 0. The Morgan fingerprint density at radius 2 is 0.565 bits per heavy atom. The second kappa shape index (κ2) is 10.8. The molecule has 2 nitrogen and oxygen atoms in total. The minimum absolute atomic E-state index is 0.127. The molecule has 0 atom stereocenters. The molecule has 0 unspecified atom stereocenters. The molecular weight excluding hydrogens is 556 g/mol. The fourth-order valence-electron chi connectivity index (χ4n) is 5.84. The molecule has 0 spiro atoms. The van der Waals surface area contributed by atoms with Gasteiger partial charge in [-0.15, -0.1) is 0 Å². The fraction of sp³-hybridized carbons (Fsp3) is 0. The summed E-state index contributed by atoms with van der Waals surface area (Å²) in [6, 6.07) is 3.75. The van der Waals surface area contributed by atoms with Gasteiger partial charge in [-0.2, -0.15) is 0 Å². The van der Waals surface area contributed by atoms with Crippen molar-refractivity contribution in [3.63, 3.8) is 0 Å². The second-order valence-corrected chi connectivity index (χ2v) is 10.4. The SMILES string of the molecule is [2H]c1c([2H])c([2H])c(N(c2ccc3cc4c(cc3c2)=c2cc3cc(N(c5c([2H])c([2H])c([2H])c([2H])c5[2H])c5c([2H])c([2H])c([2H])c([2H])c5[2H])ccc3cc2=4)c2c([2H])c([2H])c([2H])c([2H])c2[2H])c([2H])c1[2H]. The first-order chi connectivity index (χ1) is 31.1. The van der Waals surface area contributed by atoms with Crippen LogP contribution >= 0.6 is 0 Å². The van der Waals surface area contributed by atoms with Crippen LogP contribution in [0, 0.1) is 20.9 Å². The van der Waals surface area contributed by atoms with Crippen LogP contribution in [0.2, 0.25) is 0 Å². The quantitative estimate of drug-likeness (QED) is 0.186. The normalized spacial score (nSPS) is 17.6. The lowest BCUT2D eigenvalue weighted by atomic mass is 9.94. The van der Waals surface area contributed by atoms with Crippen LogP contribution in [0.3, 0.4) is 0 Å². The highest BCUT2D eigenvalue weighted by Gasteiger charge is 2.15. The minimum Gasteiger partial charge on any atom is -0.310 e. The van der Waals surface area contributed by atoms with Gasteiger partial charge < -0.3 is 9.80 Å². The molecule has 9 rings (SSSR count). The number of hydrogen-bond donors (Lipinski definition) is 0. The molecule has 0 saturated carbocycles. The molecule has 8 aromatic carbocycles. The van der Waals surface area contributed by atoms with Gasteiger partial charge in [-0.1, -0.05) is 84.6 Å². The summed E-state index contributed by atoms with van der Waals surface area (Å²) < 4.78 is 170. The largest absolute Gasteiger partial charge is 0.310 e. The highest BCUT2D eigenvalue weighted by Crippen LogP contribution is 2.38. The van der Waals surface area contributed by atoms with Crippen LogP contribution < -0.4 is 9.80 Å². The van der Waals surface area contributed by atoms with E-state index in [1.54, 1.807) is 36.4 Å². The summed E-state index contributed by atoms with van der Waals surface area (Å²) in [7, 11) is 0. The zero-order valence-corrected chi connectivity index (χ0v) is 23.7. The molecule has 0 amide bonds. The topological polar surface area (TPSA) is 6.48 Å². The minimum atomic E-state index is -0.692. The van der Waals surface area contributed by atoms with Crippen molar-refractivity contribution in [3.05, 3.63) is 202 Å². The smallest absolute Gasteiger partial charge is 0.0645 e. The van der Waals surface area contributed by atoms with Crippen molar-refractivity contribution < 1.29 is 27.4 Å². The summed E-state index contributed by atoms with van der Waals surface area (Å²) in [5.41, 5.74) is -1.48. The maximum atomic E-state index is 8.82. The Balaban J connectivity index is 1.28. The van der Waals surface area contributed by atoms with Crippen LogP contribution in [0.25, 0.3) is 21.5 Å². The van der Waals surface area contributed by atoms with Crippen LogP contribution in [0.15, 0.2) is 182 Å². The highest BCUT2D eigenvalue weighted by atomic mass is 15.1. The van der Waals surface area contributed by atoms with Crippen molar-refractivity contribution in [3.8, 4) is 0 Å². The van der Waals surface area contributed by atoms with Crippen molar-refractivity contribution >= 4 is 55.7 Å². The van der Waals surface area contributed by atoms with E-state index >= 15 is 0 Å². The molecule has 0 bridgehead atoms. The van der Waals surface area contributed by atoms with Gasteiger partial charge in [-0.05, 0) is 139 Å². The molecule has 0 aliphatic heterocycles. The van der Waals surface area contributed by atoms with Crippen LogP contribution in [-0.4, -0.2) is 0 Å². The van der Waals surface area contributed by atoms with Gasteiger partial charge in [0.1, 0.15) is 0 Å². The summed E-state index contributed by atoms with van der Waals surface area (Å²) in [6.07, 6.45) is 0. The standard InChI is InChI=1S/C44H30N2/c1-5-13-35(14-6-1)45(36-15-7-2-8-16-36)39-23-21-31-27-41-42-28-32-22-24-40(26-34(32)30-44(42)43(41)29-33(31)25-39)46(37-17-9-3-10-18-37)38-19-11-4-12-20-38/h1-30H/i1D,2D,3D,4D,5D,6D,7D,8D,9D,10D,11D,12D,13D,14D,15D,16D,17D,18D,19D,20D. The summed E-state index contributed by atoms with van der Waals surface area (Å²) in [5, 5.41) is 5.82. The molecule has 0 saturated heterocycles. The number of hydrogen-bond acceptors (Lipinski definition) is 2. The molecule has 8 aromatic rings. The Labute approximate surface area is 295 Å². The van der Waals surface area contributed by atoms with Gasteiger partial charge in [0.25, 0.3) is 0 Å². The molecule has 0 aromatic heterocycles. The first-order valence-electron chi connectivity index (χ1n) is 24.1. The van der Waals surface area contributed by atoms with Crippen molar-refractivity contribution in [2.45, 2.75) is 0 Å². The van der Waals surface area contributed by atoms with Gasteiger partial charge in [0.05, 0.1) is 27.4 Å². The molecule has 0 radical (unpaired) electrons. The predicted molar refractivity (Wildman–Crippen MR) is 193 cm³/mol. The Hall–Kier alpha value is -6.12. The lowest BCUT2D eigenvalue weighted by Crippen LogP contribution is -2.09. The van der Waals surface area contributed by atoms with Crippen LogP contribution in [0.4, 0.5) is 34.1 Å². The number of benzene rings is 8. The molecule has 2 heteroatoms. The third-order valence-corrected chi connectivity index (χ3v) is 7.86. The number of fused-ring (bicyclic) bond motifs is 4. The summed E-state index contributed by atoms with van der Waals surface area (Å²) in [6.45, 7) is 0. The van der Waals surface area contributed by atoms with Gasteiger partial charge in [0, 0.05) is 34.1 Å². The average Bonchev–Trinajstić information content (AvgIpc) is 3.31. The van der Waals surface area contributed by atoms with Gasteiger partial charge in [-0.25, -0.2) is 0 Å². The van der Waals surface area contributed by atoms with Gasteiger partial charge >= 0.3 is 0 Å². The average molecular weight is 607 g/mol. The second-order valence-electron chi connectivity index (χ2n) is 10.4. The van der Waals surface area contributed by atoms with E-state index in [1.165, 1.54) is 0 Å². The zero-order valence-electron chi connectivity index (χ0n) is 43.7. The Morgan fingerprint density at radius 3 is 0.870 bits per heavy atom. The zero-order chi connectivity index (χ0) is 47.9. The van der Waals surface area contributed by atoms with E-state index in [1.807, 2.05) is 24.3 Å². The number of para-hydroxylation sites is 4. The van der Waals surface area contributed by atoms with Gasteiger partial charge in [0.2, 0.25) is 0 Å². The molecule has 216 valence electrons. The molecule has 0 N–H and O–H groups in total. The number of nitrogens with zero attached hydrogens (tertiary/aromatic N) is 2. The van der Waals surface area contributed by atoms with Crippen molar-refractivity contribution in [2.75, 3.05) is 9.80 Å². The van der Waals surface area contributed by atoms with E-state index in [0.29, 0.717) is 21.5 Å². The fourth-order valence-corrected chi connectivity index (χ4v) is 5.84. The molecule has 1 aliphatic carbocycles. The van der Waals surface area contributed by atoms with E-state index in [9.17, 15) is 0 Å². The maximum Gasteiger partial charge on any atom is 0.0645 e. The van der Waals surface area contributed by atoms with Crippen molar-refractivity contribution in [1.29, 1.82) is 0 Å². The lowest BCUT2D eigenvalue weighted by Gasteiger charge is -2.26. The molecule has 1 aliphatic rings. The van der Waals surface area contributed by atoms with Gasteiger partial charge in [-0.3, -0.25) is 0 Å². The first-order valence-corrected chi connectivity index (χ1v) is 14.1. The van der Waals surface area contributed by atoms with Crippen molar-refractivity contribution in [2.24, 2.45) is 0 Å². The third kappa shape index (κ3) is 4.43. The maximum absolute atomic E-state index is 8.82. The molecule has 0 heterocycles. The summed E-state index contributed by atoms with van der Waals surface area (Å²) in [5.74, 6) is 0. The Bertz CT molecular complexity index is 3250. The number of anilines is 6. The number of rotatable bonds is 6. The van der Waals surface area contributed by atoms with Crippen LogP contribution in [0.5, 0.6) is 0 Å². The van der Waals surface area contributed by atoms with Crippen LogP contribution in [-0.2, 0) is 0 Å². The Morgan fingerprint density at radius 1 is 0.283 bits per heavy atom. The monoisotopic (exact) mass is 606 g/mol. The lowest BCUT2D eigenvalue weighted by molar-refractivity contribution is 1.28. The predicted octanol–water partition coefficient (Wildman–Crippen LogP) is 11.8. The van der Waals surface area contributed by atoms with Gasteiger partial charge in [0.15, 0.2) is 0 Å². The molecular formula is C44H30N2. The molecule has 46 heavy (non-hydrogen) atoms. The van der Waals surface area contributed by atoms with E-state index < -0.39 is 144 Å². The van der Waals surface area contributed by atoms with E-state index in [4.69, 9.17) is 27.4 Å². The van der Waals surface area contributed by atoms with Crippen LogP contribution in [0.1, 0.15) is 27.4 Å². The van der Waals surface area contributed by atoms with E-state index in [-0.39, 0.29) is 11.4 Å². The molecule has 0 fully saturated rings. The van der Waals surface area contributed by atoms with E-state index in [2.05, 4.69) is 0 Å². The summed E-state index contributed by atoms with van der Waals surface area (Å²) in [4.78, 5) is 2.16. The first kappa shape index (κ1) is 13.1. The Kier molecular flexibility index (Phi) is 3.07. The highest BCUT2D eigenvalue weighted by molar-refractivity contribution is 5.92. The van der Waals surface area contributed by atoms with E-state index in [0.717, 1.165) is 30.7 Å². The van der Waals surface area contributed by atoms with Crippen molar-refractivity contribution in [1.82, 2.24) is 0 Å². The third-order valence-electron chi connectivity index (χ3n) is 7.86.